The van der Waals surface area contributed by atoms with Crippen molar-refractivity contribution >= 4 is 15.9 Å². The Morgan fingerprint density at radius 2 is 1.85 bits per heavy atom. The van der Waals surface area contributed by atoms with Gasteiger partial charge >= 0.3 is 0 Å². The molecular weight excluding hydrogens is 324 g/mol. The third-order valence-corrected chi connectivity index (χ3v) is 3.87. The quantitative estimate of drug-likeness (QED) is 0.862. The van der Waals surface area contributed by atoms with Gasteiger partial charge in [0.25, 0.3) is 0 Å². The van der Waals surface area contributed by atoms with E-state index < -0.39 is 0 Å². The Bertz CT molecular complexity index is 613. The summed E-state index contributed by atoms with van der Waals surface area (Å²) >= 11 is 3.34. The molecule has 0 radical (unpaired) electrons. The van der Waals surface area contributed by atoms with E-state index in [2.05, 4.69) is 21.2 Å². The van der Waals surface area contributed by atoms with Crippen LogP contribution in [0.1, 0.15) is 22.7 Å². The second kappa shape index (κ2) is 6.46. The van der Waals surface area contributed by atoms with Gasteiger partial charge in [-0.05, 0) is 61.3 Å². The number of benzene rings is 2. The molecule has 0 saturated carbocycles. The Morgan fingerprint density at radius 1 is 1.10 bits per heavy atom. The first kappa shape index (κ1) is 15.1. The van der Waals surface area contributed by atoms with Gasteiger partial charge in [-0.25, -0.2) is 8.78 Å². The number of hydrogen-bond donors (Lipinski definition) is 1. The van der Waals surface area contributed by atoms with Gasteiger partial charge in [0.05, 0.1) is 0 Å². The molecule has 1 nitrogen and oxygen atoms in total. The van der Waals surface area contributed by atoms with E-state index in [-0.39, 0.29) is 17.7 Å². The first-order valence-corrected chi connectivity index (χ1v) is 7.18. The van der Waals surface area contributed by atoms with Crippen LogP contribution in [0.15, 0.2) is 40.9 Å². The normalized spacial score (nSPS) is 12.4. The molecule has 20 heavy (non-hydrogen) atoms. The lowest BCUT2D eigenvalue weighted by Crippen LogP contribution is -2.19. The second-order valence-corrected chi connectivity index (χ2v) is 5.71. The summed E-state index contributed by atoms with van der Waals surface area (Å²) in [6.07, 6.45) is 0.463. The largest absolute Gasteiger partial charge is 0.313 e. The highest BCUT2D eigenvalue weighted by Gasteiger charge is 2.14. The van der Waals surface area contributed by atoms with Crippen LogP contribution in [0.3, 0.4) is 0 Å². The molecule has 0 heterocycles. The molecule has 0 amide bonds. The van der Waals surface area contributed by atoms with Crippen LogP contribution in [-0.4, -0.2) is 7.05 Å². The fourth-order valence-electron chi connectivity index (χ4n) is 2.13. The van der Waals surface area contributed by atoms with Crippen LogP contribution in [0.2, 0.25) is 0 Å². The van der Waals surface area contributed by atoms with Crippen molar-refractivity contribution in [1.29, 1.82) is 0 Å². The zero-order valence-corrected chi connectivity index (χ0v) is 13.0. The lowest BCUT2D eigenvalue weighted by atomic mass is 9.97. The van der Waals surface area contributed by atoms with E-state index in [4.69, 9.17) is 0 Å². The summed E-state index contributed by atoms with van der Waals surface area (Å²) in [4.78, 5) is 0. The summed E-state index contributed by atoms with van der Waals surface area (Å²) in [7, 11) is 1.79. The van der Waals surface area contributed by atoms with Crippen molar-refractivity contribution in [3.63, 3.8) is 0 Å². The molecule has 1 N–H and O–H groups in total. The third kappa shape index (κ3) is 3.44. The predicted octanol–water partition coefficient (Wildman–Crippen LogP) is 4.54. The molecule has 2 rings (SSSR count). The summed E-state index contributed by atoms with van der Waals surface area (Å²) in [5.41, 5.74) is 2.02. The first-order chi connectivity index (χ1) is 9.51. The molecule has 0 saturated heterocycles. The number of aryl methyl sites for hydroxylation is 1. The highest BCUT2D eigenvalue weighted by molar-refractivity contribution is 9.10. The van der Waals surface area contributed by atoms with Gasteiger partial charge in [-0.1, -0.05) is 28.1 Å². The van der Waals surface area contributed by atoms with Crippen molar-refractivity contribution in [3.05, 3.63) is 69.2 Å². The number of likely N-dealkylation sites (N-methyl/N-ethyl adjacent to an activating group) is 1. The molecule has 106 valence electrons. The summed E-state index contributed by atoms with van der Waals surface area (Å²) in [5, 5.41) is 3.11. The average Bonchev–Trinajstić information content (AvgIpc) is 2.43. The maximum atomic E-state index is 13.8. The molecule has 0 aliphatic rings. The minimum absolute atomic E-state index is 0.131. The van der Waals surface area contributed by atoms with Crippen LogP contribution in [0, 0.1) is 18.6 Å². The van der Waals surface area contributed by atoms with E-state index in [1.807, 2.05) is 6.07 Å². The van der Waals surface area contributed by atoms with Gasteiger partial charge in [-0.15, -0.1) is 0 Å². The van der Waals surface area contributed by atoms with Crippen molar-refractivity contribution in [2.75, 3.05) is 7.05 Å². The molecule has 0 spiro atoms. The van der Waals surface area contributed by atoms with Gasteiger partial charge < -0.3 is 5.32 Å². The SMILES string of the molecule is CNC(Cc1cc(Br)ccc1F)c1ccc(C)c(F)c1. The minimum Gasteiger partial charge on any atom is -0.313 e. The molecule has 0 bridgehead atoms. The van der Waals surface area contributed by atoms with Crippen molar-refractivity contribution in [2.45, 2.75) is 19.4 Å². The highest BCUT2D eigenvalue weighted by atomic mass is 79.9. The molecule has 0 aliphatic carbocycles. The van der Waals surface area contributed by atoms with E-state index in [0.717, 1.165) is 10.0 Å². The molecule has 1 unspecified atom stereocenters. The van der Waals surface area contributed by atoms with Crippen LogP contribution in [0.5, 0.6) is 0 Å². The van der Waals surface area contributed by atoms with Crippen molar-refractivity contribution in [2.24, 2.45) is 0 Å². The Morgan fingerprint density at radius 3 is 2.50 bits per heavy atom. The highest BCUT2D eigenvalue weighted by Crippen LogP contribution is 2.24. The van der Waals surface area contributed by atoms with Crippen LogP contribution < -0.4 is 5.32 Å². The number of halogens is 3. The Kier molecular flexibility index (Phi) is 4.89. The van der Waals surface area contributed by atoms with Crippen LogP contribution in [-0.2, 0) is 6.42 Å². The maximum Gasteiger partial charge on any atom is 0.126 e. The number of hydrogen-bond acceptors (Lipinski definition) is 1. The van der Waals surface area contributed by atoms with E-state index in [1.165, 1.54) is 12.1 Å². The second-order valence-electron chi connectivity index (χ2n) is 4.79. The van der Waals surface area contributed by atoms with E-state index >= 15 is 0 Å². The lowest BCUT2D eigenvalue weighted by molar-refractivity contribution is 0.548. The fourth-order valence-corrected chi connectivity index (χ4v) is 2.54. The molecule has 0 aliphatic heterocycles. The van der Waals surface area contributed by atoms with Gasteiger partial charge in [0.2, 0.25) is 0 Å². The number of rotatable bonds is 4. The van der Waals surface area contributed by atoms with Gasteiger partial charge in [0.15, 0.2) is 0 Å². The predicted molar refractivity (Wildman–Crippen MR) is 80.7 cm³/mol. The van der Waals surface area contributed by atoms with Crippen molar-refractivity contribution in [3.8, 4) is 0 Å². The summed E-state index contributed by atoms with van der Waals surface area (Å²) in [6, 6.07) is 9.84. The monoisotopic (exact) mass is 339 g/mol. The molecular formula is C16H16BrF2N. The molecule has 4 heteroatoms. The third-order valence-electron chi connectivity index (χ3n) is 3.38. The van der Waals surface area contributed by atoms with Crippen LogP contribution >= 0.6 is 15.9 Å². The van der Waals surface area contributed by atoms with Crippen molar-refractivity contribution in [1.82, 2.24) is 5.32 Å². The Balaban J connectivity index is 2.28. The Labute approximate surface area is 126 Å². The number of nitrogens with one attached hydrogen (secondary N) is 1. The fraction of sp³-hybridized carbons (Fsp3) is 0.250. The zero-order valence-electron chi connectivity index (χ0n) is 11.4. The Hall–Kier alpha value is -1.26. The van der Waals surface area contributed by atoms with E-state index in [9.17, 15) is 8.78 Å². The smallest absolute Gasteiger partial charge is 0.126 e. The molecule has 1 atom stereocenters. The van der Waals surface area contributed by atoms with Gasteiger partial charge in [0.1, 0.15) is 11.6 Å². The van der Waals surface area contributed by atoms with Gasteiger partial charge in [-0.3, -0.25) is 0 Å². The van der Waals surface area contributed by atoms with Crippen molar-refractivity contribution < 1.29 is 8.78 Å². The summed E-state index contributed by atoms with van der Waals surface area (Å²) in [6.45, 7) is 1.72. The molecule has 2 aromatic rings. The standard InChI is InChI=1S/C16H16BrF2N/c1-10-3-4-11(8-15(10)19)16(20-2)9-12-7-13(17)5-6-14(12)18/h3-8,16,20H,9H2,1-2H3. The first-order valence-electron chi connectivity index (χ1n) is 6.38. The zero-order chi connectivity index (χ0) is 14.7. The van der Waals surface area contributed by atoms with Crippen LogP contribution in [0.25, 0.3) is 0 Å². The van der Waals surface area contributed by atoms with E-state index in [1.54, 1.807) is 32.2 Å². The van der Waals surface area contributed by atoms with E-state index in [0.29, 0.717) is 17.5 Å². The maximum absolute atomic E-state index is 13.8. The molecule has 0 fully saturated rings. The summed E-state index contributed by atoms with van der Waals surface area (Å²) in [5.74, 6) is -0.488. The van der Waals surface area contributed by atoms with Gasteiger partial charge in [-0.2, -0.15) is 0 Å². The molecule has 2 aromatic carbocycles. The minimum atomic E-state index is -0.249. The average molecular weight is 340 g/mol. The lowest BCUT2D eigenvalue weighted by Gasteiger charge is -2.18. The topological polar surface area (TPSA) is 12.0 Å². The van der Waals surface area contributed by atoms with Crippen LogP contribution in [0.4, 0.5) is 8.78 Å². The summed E-state index contributed by atoms with van der Waals surface area (Å²) < 4.78 is 28.3. The van der Waals surface area contributed by atoms with Gasteiger partial charge in [0, 0.05) is 10.5 Å². The molecule has 0 aromatic heterocycles.